The summed E-state index contributed by atoms with van der Waals surface area (Å²) in [5.74, 6) is 0.957. The summed E-state index contributed by atoms with van der Waals surface area (Å²) in [6.45, 7) is 6.10. The van der Waals surface area contributed by atoms with Gasteiger partial charge in [-0.25, -0.2) is 0 Å². The highest BCUT2D eigenvalue weighted by atomic mass is 79.9. The monoisotopic (exact) mass is 323 g/mol. The molecule has 0 radical (unpaired) electrons. The van der Waals surface area contributed by atoms with Gasteiger partial charge >= 0.3 is 0 Å². The summed E-state index contributed by atoms with van der Waals surface area (Å²) in [6.07, 6.45) is 2.57. The first kappa shape index (κ1) is 14.6. The van der Waals surface area contributed by atoms with Crippen LogP contribution in [0.5, 0.6) is 0 Å². The van der Waals surface area contributed by atoms with Crippen LogP contribution in [0.15, 0.2) is 24.3 Å². The van der Waals surface area contributed by atoms with Crippen molar-refractivity contribution in [3.8, 4) is 0 Å². The van der Waals surface area contributed by atoms with E-state index in [0.29, 0.717) is 17.2 Å². The number of amides is 1. The van der Waals surface area contributed by atoms with Crippen LogP contribution in [0.25, 0.3) is 0 Å². The number of benzene rings is 1. The van der Waals surface area contributed by atoms with Crippen molar-refractivity contribution in [1.29, 1.82) is 0 Å². The molecule has 0 aliphatic carbocycles. The molecule has 104 valence electrons. The van der Waals surface area contributed by atoms with E-state index >= 15 is 0 Å². The number of aryl methyl sites for hydroxylation is 2. The number of likely N-dealkylation sites (tertiary alicyclic amines) is 1. The number of hydrogen-bond donors (Lipinski definition) is 0. The summed E-state index contributed by atoms with van der Waals surface area (Å²) < 4.78 is 0. The van der Waals surface area contributed by atoms with E-state index in [1.807, 2.05) is 4.90 Å². The Kier molecular flexibility index (Phi) is 5.03. The Morgan fingerprint density at radius 1 is 1.47 bits per heavy atom. The molecule has 0 saturated carbocycles. The van der Waals surface area contributed by atoms with Gasteiger partial charge in [-0.15, -0.1) is 0 Å². The average Bonchev–Trinajstić information content (AvgIpc) is 2.39. The maximum atomic E-state index is 12.2. The van der Waals surface area contributed by atoms with Gasteiger partial charge in [0.2, 0.25) is 5.91 Å². The van der Waals surface area contributed by atoms with E-state index in [1.165, 1.54) is 11.1 Å². The Balaban J connectivity index is 1.84. The first-order chi connectivity index (χ1) is 9.06. The van der Waals surface area contributed by atoms with Crippen molar-refractivity contribution in [1.82, 2.24) is 4.90 Å². The second-order valence-electron chi connectivity index (χ2n) is 5.61. The Labute approximate surface area is 124 Å². The molecular formula is C16H22BrNO. The molecule has 0 aromatic heterocycles. The minimum absolute atomic E-state index is 0.290. The molecule has 2 unspecified atom stereocenters. The smallest absolute Gasteiger partial charge is 0.222 e. The summed E-state index contributed by atoms with van der Waals surface area (Å²) in [5.41, 5.74) is 2.52. The molecule has 1 aliphatic heterocycles. The number of nitrogens with zero attached hydrogens (tertiary/aromatic N) is 1. The molecule has 19 heavy (non-hydrogen) atoms. The van der Waals surface area contributed by atoms with Gasteiger partial charge in [0.15, 0.2) is 0 Å². The van der Waals surface area contributed by atoms with Crippen LogP contribution in [0.3, 0.4) is 0 Å². The van der Waals surface area contributed by atoms with Crippen LogP contribution in [-0.2, 0) is 11.2 Å². The molecule has 0 spiro atoms. The second kappa shape index (κ2) is 6.56. The number of carbonyl (C=O) groups is 1. The zero-order chi connectivity index (χ0) is 13.8. The predicted molar refractivity (Wildman–Crippen MR) is 82.6 cm³/mol. The minimum Gasteiger partial charge on any atom is -0.342 e. The quantitative estimate of drug-likeness (QED) is 0.779. The van der Waals surface area contributed by atoms with Crippen LogP contribution in [0.4, 0.5) is 0 Å². The summed E-state index contributed by atoms with van der Waals surface area (Å²) in [6, 6.07) is 8.42. The van der Waals surface area contributed by atoms with Crippen molar-refractivity contribution in [3.05, 3.63) is 35.4 Å². The zero-order valence-corrected chi connectivity index (χ0v) is 13.3. The normalized spacial score (nSPS) is 23.4. The number of halogens is 1. The molecule has 0 bridgehead atoms. The average molecular weight is 324 g/mol. The summed E-state index contributed by atoms with van der Waals surface area (Å²) >= 11 is 3.67. The second-order valence-corrected chi connectivity index (χ2v) is 6.79. The van der Waals surface area contributed by atoms with E-state index in [9.17, 15) is 4.79 Å². The van der Waals surface area contributed by atoms with Crippen LogP contribution in [0.1, 0.15) is 30.9 Å². The molecule has 3 heteroatoms. The van der Waals surface area contributed by atoms with Crippen LogP contribution in [-0.4, -0.2) is 28.7 Å². The first-order valence-corrected chi connectivity index (χ1v) is 7.95. The Morgan fingerprint density at radius 3 is 2.95 bits per heavy atom. The highest BCUT2D eigenvalue weighted by Crippen LogP contribution is 2.23. The third kappa shape index (κ3) is 4.07. The van der Waals surface area contributed by atoms with Gasteiger partial charge < -0.3 is 4.90 Å². The molecule has 1 aromatic rings. The molecular weight excluding hydrogens is 302 g/mol. The van der Waals surface area contributed by atoms with Crippen LogP contribution >= 0.6 is 15.9 Å². The molecule has 1 aromatic carbocycles. The highest BCUT2D eigenvalue weighted by molar-refractivity contribution is 9.09. The van der Waals surface area contributed by atoms with Gasteiger partial charge in [0.25, 0.3) is 0 Å². The number of carbonyl (C=O) groups excluding carboxylic acids is 1. The third-order valence-electron chi connectivity index (χ3n) is 3.93. The van der Waals surface area contributed by atoms with Gasteiger partial charge in [0.05, 0.1) is 0 Å². The fraction of sp³-hybridized carbons (Fsp3) is 0.562. The van der Waals surface area contributed by atoms with E-state index in [-0.39, 0.29) is 5.91 Å². The topological polar surface area (TPSA) is 20.3 Å². The van der Waals surface area contributed by atoms with Crippen molar-refractivity contribution >= 4 is 21.8 Å². The molecule has 2 rings (SSSR count). The third-order valence-corrected chi connectivity index (χ3v) is 5.12. The van der Waals surface area contributed by atoms with E-state index in [4.69, 9.17) is 0 Å². The molecule has 1 fully saturated rings. The SMILES string of the molecule is Cc1cccc(CCC(=O)N2CCC(C)C(Br)C2)c1. The number of piperidine rings is 1. The molecule has 1 aliphatic rings. The number of alkyl halides is 1. The van der Waals surface area contributed by atoms with E-state index in [1.54, 1.807) is 0 Å². The van der Waals surface area contributed by atoms with Gasteiger partial charge in [-0.1, -0.05) is 52.7 Å². The van der Waals surface area contributed by atoms with Gasteiger partial charge in [0, 0.05) is 24.3 Å². The van der Waals surface area contributed by atoms with Gasteiger partial charge in [0.1, 0.15) is 0 Å². The Hall–Kier alpha value is -0.830. The first-order valence-electron chi connectivity index (χ1n) is 7.03. The number of hydrogen-bond acceptors (Lipinski definition) is 1. The molecule has 2 atom stereocenters. The maximum absolute atomic E-state index is 12.2. The lowest BCUT2D eigenvalue weighted by Gasteiger charge is -2.34. The molecule has 1 heterocycles. The van der Waals surface area contributed by atoms with Crippen molar-refractivity contribution in [2.24, 2.45) is 5.92 Å². The van der Waals surface area contributed by atoms with Crippen LogP contribution in [0.2, 0.25) is 0 Å². The fourth-order valence-electron chi connectivity index (χ4n) is 2.53. The summed E-state index contributed by atoms with van der Waals surface area (Å²) in [7, 11) is 0. The van der Waals surface area contributed by atoms with E-state index in [0.717, 1.165) is 25.9 Å². The Bertz CT molecular complexity index is 446. The van der Waals surface area contributed by atoms with Crippen molar-refractivity contribution in [2.75, 3.05) is 13.1 Å². The zero-order valence-electron chi connectivity index (χ0n) is 11.7. The number of rotatable bonds is 3. The lowest BCUT2D eigenvalue weighted by atomic mass is 9.98. The molecule has 1 saturated heterocycles. The maximum Gasteiger partial charge on any atom is 0.222 e. The van der Waals surface area contributed by atoms with Crippen molar-refractivity contribution in [2.45, 2.75) is 37.9 Å². The van der Waals surface area contributed by atoms with Gasteiger partial charge in [-0.3, -0.25) is 4.79 Å². The minimum atomic E-state index is 0.290. The molecule has 0 N–H and O–H groups in total. The van der Waals surface area contributed by atoms with Gasteiger partial charge in [-0.2, -0.15) is 0 Å². The van der Waals surface area contributed by atoms with Gasteiger partial charge in [-0.05, 0) is 31.2 Å². The van der Waals surface area contributed by atoms with Crippen molar-refractivity contribution < 1.29 is 4.79 Å². The lowest BCUT2D eigenvalue weighted by molar-refractivity contribution is -0.132. The fourth-order valence-corrected chi connectivity index (χ4v) is 3.14. The predicted octanol–water partition coefficient (Wildman–Crippen LogP) is 3.56. The lowest BCUT2D eigenvalue weighted by Crippen LogP contribution is -2.43. The molecule has 1 amide bonds. The standard InChI is InChI=1S/C16H22BrNO/c1-12-4-3-5-14(10-12)6-7-16(19)18-9-8-13(2)15(17)11-18/h3-5,10,13,15H,6-9,11H2,1-2H3. The largest absolute Gasteiger partial charge is 0.342 e. The Morgan fingerprint density at radius 2 is 2.26 bits per heavy atom. The highest BCUT2D eigenvalue weighted by Gasteiger charge is 2.26. The summed E-state index contributed by atoms with van der Waals surface area (Å²) in [5, 5.41) is 0. The molecule has 2 nitrogen and oxygen atoms in total. The van der Waals surface area contributed by atoms with Crippen molar-refractivity contribution in [3.63, 3.8) is 0 Å². The van der Waals surface area contributed by atoms with Crippen LogP contribution in [0, 0.1) is 12.8 Å². The summed E-state index contributed by atoms with van der Waals surface area (Å²) in [4.78, 5) is 14.7. The van der Waals surface area contributed by atoms with E-state index in [2.05, 4.69) is 54.0 Å². The van der Waals surface area contributed by atoms with Crippen LogP contribution < -0.4 is 0 Å². The van der Waals surface area contributed by atoms with E-state index < -0.39 is 0 Å².